The van der Waals surface area contributed by atoms with Gasteiger partial charge < -0.3 is 14.5 Å². The Balaban J connectivity index is 1.50. The maximum atomic E-state index is 13.2. The predicted octanol–water partition coefficient (Wildman–Crippen LogP) is 3.91. The maximum absolute atomic E-state index is 13.2. The fourth-order valence-corrected chi connectivity index (χ4v) is 5.30. The molecule has 1 N–H and O–H groups in total. The molecule has 1 fully saturated rings. The lowest BCUT2D eigenvalue weighted by atomic mass is 10.1. The molecule has 0 atom stereocenters. The highest BCUT2D eigenvalue weighted by Gasteiger charge is 2.25. The van der Waals surface area contributed by atoms with Gasteiger partial charge in [0, 0.05) is 37.4 Å². The third-order valence-electron chi connectivity index (χ3n) is 5.83. The van der Waals surface area contributed by atoms with Crippen molar-refractivity contribution in [2.45, 2.75) is 11.8 Å². The molecule has 7 nitrogen and oxygen atoms in total. The summed E-state index contributed by atoms with van der Waals surface area (Å²) in [4.78, 5) is 17.0. The number of sulfonamides is 1. The molecule has 0 radical (unpaired) electrons. The van der Waals surface area contributed by atoms with Gasteiger partial charge in [0.15, 0.2) is 0 Å². The van der Waals surface area contributed by atoms with Crippen molar-refractivity contribution < 1.29 is 22.3 Å². The third-order valence-corrected chi connectivity index (χ3v) is 7.34. The summed E-state index contributed by atoms with van der Waals surface area (Å²) in [6, 6.07) is 17.7. The maximum Gasteiger partial charge on any atom is 0.262 e. The van der Waals surface area contributed by atoms with E-state index < -0.39 is 10.0 Å². The normalized spacial score (nSPS) is 14.1. The lowest BCUT2D eigenvalue weighted by molar-refractivity contribution is 0.0746. The summed E-state index contributed by atoms with van der Waals surface area (Å²) >= 11 is 0. The number of rotatable bonds is 6. The van der Waals surface area contributed by atoms with Gasteiger partial charge >= 0.3 is 0 Å². The van der Waals surface area contributed by atoms with Crippen molar-refractivity contribution in [2.24, 2.45) is 0 Å². The number of benzene rings is 3. The van der Waals surface area contributed by atoms with Crippen LogP contribution in [0.1, 0.15) is 15.9 Å². The molecule has 1 saturated heterocycles. The van der Waals surface area contributed by atoms with Gasteiger partial charge in [0.2, 0.25) is 0 Å². The summed E-state index contributed by atoms with van der Waals surface area (Å²) in [5.41, 5.74) is 2.05. The van der Waals surface area contributed by atoms with Crippen LogP contribution in [0.25, 0.3) is 0 Å². The number of hydrogen-bond acceptors (Lipinski definition) is 5. The Kier molecular flexibility index (Phi) is 6.74. The first-order chi connectivity index (χ1) is 16.3. The lowest BCUT2D eigenvalue weighted by Crippen LogP contribution is -2.48. The van der Waals surface area contributed by atoms with E-state index in [2.05, 4.69) is 9.62 Å². The van der Waals surface area contributed by atoms with Crippen molar-refractivity contribution in [3.05, 3.63) is 83.7 Å². The zero-order chi connectivity index (χ0) is 24.3. The molecule has 1 amide bonds. The van der Waals surface area contributed by atoms with E-state index >= 15 is 0 Å². The zero-order valence-corrected chi connectivity index (χ0v) is 19.8. The van der Waals surface area contributed by atoms with Crippen LogP contribution in [-0.4, -0.2) is 52.5 Å². The van der Waals surface area contributed by atoms with Gasteiger partial charge in [-0.1, -0.05) is 18.2 Å². The van der Waals surface area contributed by atoms with E-state index in [0.29, 0.717) is 48.7 Å². The molecule has 0 bridgehead atoms. The van der Waals surface area contributed by atoms with Crippen LogP contribution in [0.4, 0.5) is 15.8 Å². The number of amides is 1. The number of anilines is 2. The average Bonchev–Trinajstić information content (AvgIpc) is 2.84. The van der Waals surface area contributed by atoms with Crippen LogP contribution < -0.4 is 14.4 Å². The summed E-state index contributed by atoms with van der Waals surface area (Å²) in [7, 11) is -2.49. The van der Waals surface area contributed by atoms with Crippen molar-refractivity contribution in [1.29, 1.82) is 0 Å². The minimum absolute atomic E-state index is 0.0363. The molecule has 1 aliphatic heterocycles. The van der Waals surface area contributed by atoms with Crippen LogP contribution in [0.5, 0.6) is 5.75 Å². The molecule has 0 aliphatic carbocycles. The van der Waals surface area contributed by atoms with Gasteiger partial charge in [-0.3, -0.25) is 9.52 Å². The molecule has 34 heavy (non-hydrogen) atoms. The third kappa shape index (κ3) is 4.99. The number of halogens is 1. The van der Waals surface area contributed by atoms with E-state index in [0.717, 1.165) is 5.69 Å². The first kappa shape index (κ1) is 23.6. The van der Waals surface area contributed by atoms with Crippen LogP contribution in [0.15, 0.2) is 71.6 Å². The highest BCUT2D eigenvalue weighted by molar-refractivity contribution is 7.92. The Labute approximate surface area is 198 Å². The molecule has 4 rings (SSSR count). The van der Waals surface area contributed by atoms with Crippen molar-refractivity contribution >= 4 is 27.3 Å². The zero-order valence-electron chi connectivity index (χ0n) is 19.0. The highest BCUT2D eigenvalue weighted by atomic mass is 32.2. The fraction of sp³-hybridized carbons (Fsp3) is 0.240. The minimum atomic E-state index is -3.95. The molecular formula is C25H26FN3O4S. The first-order valence-electron chi connectivity index (χ1n) is 10.8. The summed E-state index contributed by atoms with van der Waals surface area (Å²) in [6.45, 7) is 3.84. The molecule has 0 spiro atoms. The summed E-state index contributed by atoms with van der Waals surface area (Å²) < 4.78 is 47.3. The molecule has 0 unspecified atom stereocenters. The van der Waals surface area contributed by atoms with E-state index in [4.69, 9.17) is 4.74 Å². The SMILES string of the molecule is COc1ccccc1NS(=O)(=O)c1cc(C(=O)N2CCN(c3ccc(F)cc3)CC2)ccc1C. The lowest BCUT2D eigenvalue weighted by Gasteiger charge is -2.36. The van der Waals surface area contributed by atoms with Crippen LogP contribution >= 0.6 is 0 Å². The molecule has 0 saturated carbocycles. The Hall–Kier alpha value is -3.59. The molecule has 3 aromatic carbocycles. The van der Waals surface area contributed by atoms with Crippen molar-refractivity contribution in [1.82, 2.24) is 4.90 Å². The molecule has 1 heterocycles. The molecule has 9 heteroatoms. The van der Waals surface area contributed by atoms with Crippen LogP contribution in [-0.2, 0) is 10.0 Å². The summed E-state index contributed by atoms with van der Waals surface area (Å²) in [5.74, 6) is -0.120. The Morgan fingerprint density at radius 3 is 2.32 bits per heavy atom. The van der Waals surface area contributed by atoms with Crippen molar-refractivity contribution in [3.8, 4) is 5.75 Å². The Morgan fingerprint density at radius 2 is 1.65 bits per heavy atom. The number of methoxy groups -OCH3 is 1. The summed E-state index contributed by atoms with van der Waals surface area (Å²) in [6.07, 6.45) is 0. The minimum Gasteiger partial charge on any atom is -0.495 e. The standard InChI is InChI=1S/C25H26FN3O4S/c1-18-7-8-19(17-24(18)34(31,32)27-22-5-3-4-6-23(22)33-2)25(30)29-15-13-28(14-16-29)21-11-9-20(26)10-12-21/h3-12,17,27H,13-16H2,1-2H3. The van der Waals surface area contributed by atoms with E-state index in [1.54, 1.807) is 60.4 Å². The molecule has 1 aliphatic rings. The number of carbonyl (C=O) groups excluding carboxylic acids is 1. The Bertz CT molecular complexity index is 1290. The van der Waals surface area contributed by atoms with Gasteiger partial charge in [0.05, 0.1) is 17.7 Å². The quantitative estimate of drug-likeness (QED) is 0.575. The van der Waals surface area contributed by atoms with Crippen LogP contribution in [0, 0.1) is 12.7 Å². The largest absolute Gasteiger partial charge is 0.495 e. The second kappa shape index (κ2) is 9.72. The predicted molar refractivity (Wildman–Crippen MR) is 129 cm³/mol. The Morgan fingerprint density at radius 1 is 0.971 bits per heavy atom. The molecule has 0 aromatic heterocycles. The van der Waals surface area contributed by atoms with Gasteiger partial charge in [0.25, 0.3) is 15.9 Å². The number of aryl methyl sites for hydroxylation is 1. The number of para-hydroxylation sites is 2. The smallest absolute Gasteiger partial charge is 0.262 e. The van der Waals surface area contributed by atoms with Crippen molar-refractivity contribution in [2.75, 3.05) is 42.9 Å². The number of carbonyl (C=O) groups is 1. The number of piperazine rings is 1. The number of hydrogen-bond donors (Lipinski definition) is 1. The topological polar surface area (TPSA) is 78.9 Å². The second-order valence-electron chi connectivity index (χ2n) is 8.04. The monoisotopic (exact) mass is 483 g/mol. The van der Waals surface area contributed by atoms with Crippen LogP contribution in [0.3, 0.4) is 0 Å². The van der Waals surface area contributed by atoms with E-state index in [9.17, 15) is 17.6 Å². The van der Waals surface area contributed by atoms with E-state index in [1.807, 2.05) is 0 Å². The van der Waals surface area contributed by atoms with Gasteiger partial charge in [-0.15, -0.1) is 0 Å². The fourth-order valence-electron chi connectivity index (χ4n) is 3.95. The number of ether oxygens (including phenoxy) is 1. The molecular weight excluding hydrogens is 457 g/mol. The van der Waals surface area contributed by atoms with Crippen LogP contribution in [0.2, 0.25) is 0 Å². The molecule has 178 valence electrons. The number of nitrogens with one attached hydrogen (secondary N) is 1. The van der Waals surface area contributed by atoms with Crippen molar-refractivity contribution in [3.63, 3.8) is 0 Å². The summed E-state index contributed by atoms with van der Waals surface area (Å²) in [5, 5.41) is 0. The first-order valence-corrected chi connectivity index (χ1v) is 12.3. The van der Waals surface area contributed by atoms with Gasteiger partial charge in [0.1, 0.15) is 11.6 Å². The average molecular weight is 484 g/mol. The number of nitrogens with zero attached hydrogens (tertiary/aromatic N) is 2. The van der Waals surface area contributed by atoms with Gasteiger partial charge in [-0.2, -0.15) is 0 Å². The van der Waals surface area contributed by atoms with Gasteiger partial charge in [-0.05, 0) is 61.0 Å². The highest BCUT2D eigenvalue weighted by Crippen LogP contribution is 2.28. The second-order valence-corrected chi connectivity index (χ2v) is 9.69. The molecule has 3 aromatic rings. The van der Waals surface area contributed by atoms with Gasteiger partial charge in [-0.25, -0.2) is 12.8 Å². The van der Waals surface area contributed by atoms with E-state index in [1.165, 1.54) is 25.3 Å². The van der Waals surface area contributed by atoms with E-state index in [-0.39, 0.29) is 16.6 Å².